The molecule has 0 aliphatic rings. The lowest BCUT2D eigenvalue weighted by Crippen LogP contribution is -2.13. The summed E-state index contributed by atoms with van der Waals surface area (Å²) >= 11 is 0. The number of nitrogens with zero attached hydrogens (tertiary/aromatic N) is 1. The van der Waals surface area contributed by atoms with E-state index in [0.717, 1.165) is 12.2 Å². The highest BCUT2D eigenvalue weighted by molar-refractivity contribution is 5.91. The fraction of sp³-hybridized carbons (Fsp3) is 0.250. The van der Waals surface area contributed by atoms with Gasteiger partial charge in [0.1, 0.15) is 5.69 Å². The van der Waals surface area contributed by atoms with Crippen LogP contribution >= 0.6 is 0 Å². The molecule has 1 rings (SSSR count). The fourth-order valence-corrected chi connectivity index (χ4v) is 0.879. The lowest BCUT2D eigenvalue weighted by atomic mass is 10.3. The van der Waals surface area contributed by atoms with Crippen molar-refractivity contribution in [3.8, 4) is 0 Å². The van der Waals surface area contributed by atoms with Crippen LogP contribution in [0.3, 0.4) is 0 Å². The van der Waals surface area contributed by atoms with Gasteiger partial charge in [-0.3, -0.25) is 9.78 Å². The lowest BCUT2D eigenvalue weighted by molar-refractivity contribution is 0.0995. The first-order valence-corrected chi connectivity index (χ1v) is 3.73. The number of nitrogens with one attached hydrogen (secondary N) is 1. The molecule has 0 spiro atoms. The first kappa shape index (κ1) is 8.52. The Morgan fingerprint density at radius 1 is 1.75 bits per heavy atom. The van der Waals surface area contributed by atoms with Gasteiger partial charge in [0.2, 0.25) is 0 Å². The minimum Gasteiger partial charge on any atom is -0.385 e. The van der Waals surface area contributed by atoms with Crippen LogP contribution in [0.25, 0.3) is 0 Å². The van der Waals surface area contributed by atoms with Crippen LogP contribution in [0.4, 0.5) is 5.69 Å². The molecule has 0 bridgehead atoms. The van der Waals surface area contributed by atoms with E-state index in [1.807, 2.05) is 6.92 Å². The van der Waals surface area contributed by atoms with Crippen LogP contribution in [0.5, 0.6) is 0 Å². The zero-order valence-corrected chi connectivity index (χ0v) is 6.87. The van der Waals surface area contributed by atoms with Gasteiger partial charge in [0.15, 0.2) is 0 Å². The van der Waals surface area contributed by atoms with Crippen LogP contribution in [0.1, 0.15) is 17.4 Å². The number of hydrogen-bond donors (Lipinski definition) is 2. The highest BCUT2D eigenvalue weighted by Crippen LogP contribution is 2.06. The van der Waals surface area contributed by atoms with Gasteiger partial charge >= 0.3 is 0 Å². The van der Waals surface area contributed by atoms with E-state index < -0.39 is 5.91 Å². The van der Waals surface area contributed by atoms with Crippen LogP contribution in [0, 0.1) is 0 Å². The average molecular weight is 165 g/mol. The molecule has 1 aromatic rings. The molecule has 1 amide bonds. The molecule has 1 heterocycles. The second-order valence-corrected chi connectivity index (χ2v) is 2.32. The van der Waals surface area contributed by atoms with Gasteiger partial charge in [0, 0.05) is 18.4 Å². The van der Waals surface area contributed by atoms with E-state index in [2.05, 4.69) is 10.3 Å². The number of carbonyl (C=O) groups excluding carboxylic acids is 1. The van der Waals surface area contributed by atoms with E-state index in [9.17, 15) is 4.79 Å². The second kappa shape index (κ2) is 3.71. The Morgan fingerprint density at radius 3 is 3.08 bits per heavy atom. The van der Waals surface area contributed by atoms with Crippen LogP contribution < -0.4 is 11.1 Å². The van der Waals surface area contributed by atoms with Crippen LogP contribution in [-0.4, -0.2) is 17.4 Å². The first-order chi connectivity index (χ1) is 5.74. The Morgan fingerprint density at radius 2 is 2.50 bits per heavy atom. The van der Waals surface area contributed by atoms with Gasteiger partial charge < -0.3 is 11.1 Å². The number of rotatable bonds is 3. The van der Waals surface area contributed by atoms with Crippen molar-refractivity contribution in [1.29, 1.82) is 0 Å². The van der Waals surface area contributed by atoms with Crippen molar-refractivity contribution in [1.82, 2.24) is 4.98 Å². The Labute approximate surface area is 70.8 Å². The van der Waals surface area contributed by atoms with Gasteiger partial charge in [-0.1, -0.05) is 0 Å². The van der Waals surface area contributed by atoms with Crippen LogP contribution in [0.2, 0.25) is 0 Å². The third kappa shape index (κ3) is 1.95. The topological polar surface area (TPSA) is 68.0 Å². The molecule has 4 heteroatoms. The molecule has 0 radical (unpaired) electrons. The molecule has 0 unspecified atom stereocenters. The summed E-state index contributed by atoms with van der Waals surface area (Å²) in [6.07, 6.45) is 1.55. The predicted octanol–water partition coefficient (Wildman–Crippen LogP) is 0.612. The Kier molecular flexibility index (Phi) is 2.63. The molecule has 64 valence electrons. The zero-order valence-electron chi connectivity index (χ0n) is 6.87. The molecule has 12 heavy (non-hydrogen) atoms. The number of aromatic nitrogens is 1. The summed E-state index contributed by atoms with van der Waals surface area (Å²) in [5, 5.41) is 3.06. The third-order valence-corrected chi connectivity index (χ3v) is 1.39. The number of anilines is 1. The van der Waals surface area contributed by atoms with Gasteiger partial charge in [-0.05, 0) is 19.1 Å². The average Bonchev–Trinajstić information content (AvgIpc) is 2.05. The summed E-state index contributed by atoms with van der Waals surface area (Å²) in [5.41, 5.74) is 6.20. The summed E-state index contributed by atoms with van der Waals surface area (Å²) in [6, 6.07) is 3.42. The van der Waals surface area contributed by atoms with E-state index in [-0.39, 0.29) is 5.69 Å². The summed E-state index contributed by atoms with van der Waals surface area (Å²) < 4.78 is 0. The molecule has 0 aromatic carbocycles. The molecule has 1 aromatic heterocycles. The third-order valence-electron chi connectivity index (χ3n) is 1.39. The standard InChI is InChI=1S/C8H11N3O/c1-2-10-6-3-4-11-7(5-6)8(9)12/h3-5H,2H2,1H3,(H2,9,12)(H,10,11). The summed E-state index contributed by atoms with van der Waals surface area (Å²) in [5.74, 6) is -0.505. The van der Waals surface area contributed by atoms with Crippen molar-refractivity contribution in [2.45, 2.75) is 6.92 Å². The normalized spacial score (nSPS) is 9.42. The SMILES string of the molecule is CCNc1ccnc(C(N)=O)c1. The van der Waals surface area contributed by atoms with Crippen molar-refractivity contribution in [3.05, 3.63) is 24.0 Å². The smallest absolute Gasteiger partial charge is 0.267 e. The van der Waals surface area contributed by atoms with Crippen LogP contribution in [-0.2, 0) is 0 Å². The van der Waals surface area contributed by atoms with E-state index >= 15 is 0 Å². The number of amides is 1. The van der Waals surface area contributed by atoms with Crippen molar-refractivity contribution < 1.29 is 4.79 Å². The highest BCUT2D eigenvalue weighted by Gasteiger charge is 2.01. The van der Waals surface area contributed by atoms with E-state index in [1.165, 1.54) is 0 Å². The molecule has 0 atom stereocenters. The minimum atomic E-state index is -0.505. The van der Waals surface area contributed by atoms with Gasteiger partial charge in [-0.25, -0.2) is 0 Å². The van der Waals surface area contributed by atoms with Crippen molar-refractivity contribution >= 4 is 11.6 Å². The summed E-state index contributed by atoms with van der Waals surface area (Å²) in [7, 11) is 0. The zero-order chi connectivity index (χ0) is 8.97. The lowest BCUT2D eigenvalue weighted by Gasteiger charge is -2.02. The molecule has 3 N–H and O–H groups in total. The quantitative estimate of drug-likeness (QED) is 0.689. The Bertz CT molecular complexity index is 285. The molecule has 0 saturated heterocycles. The van der Waals surface area contributed by atoms with Gasteiger partial charge in [-0.2, -0.15) is 0 Å². The molecule has 0 fully saturated rings. The Hall–Kier alpha value is -1.58. The Balaban J connectivity index is 2.88. The molecule has 4 nitrogen and oxygen atoms in total. The largest absolute Gasteiger partial charge is 0.385 e. The van der Waals surface area contributed by atoms with Crippen molar-refractivity contribution in [3.63, 3.8) is 0 Å². The maximum atomic E-state index is 10.7. The molecule has 0 saturated carbocycles. The number of primary amides is 1. The van der Waals surface area contributed by atoms with Gasteiger partial charge in [0.05, 0.1) is 0 Å². The molecule has 0 aliphatic heterocycles. The first-order valence-electron chi connectivity index (χ1n) is 3.73. The van der Waals surface area contributed by atoms with Crippen molar-refractivity contribution in [2.75, 3.05) is 11.9 Å². The van der Waals surface area contributed by atoms with E-state index in [0.29, 0.717) is 0 Å². The predicted molar refractivity (Wildman–Crippen MR) is 46.9 cm³/mol. The number of nitrogens with two attached hydrogens (primary N) is 1. The monoisotopic (exact) mass is 165 g/mol. The summed E-state index contributed by atoms with van der Waals surface area (Å²) in [6.45, 7) is 2.78. The van der Waals surface area contributed by atoms with Gasteiger partial charge in [-0.15, -0.1) is 0 Å². The van der Waals surface area contributed by atoms with E-state index in [1.54, 1.807) is 18.3 Å². The molecular weight excluding hydrogens is 154 g/mol. The van der Waals surface area contributed by atoms with Crippen molar-refractivity contribution in [2.24, 2.45) is 5.73 Å². The summed E-state index contributed by atoms with van der Waals surface area (Å²) in [4.78, 5) is 14.5. The molecule has 0 aliphatic carbocycles. The second-order valence-electron chi connectivity index (χ2n) is 2.32. The fourth-order valence-electron chi connectivity index (χ4n) is 0.879. The molecular formula is C8H11N3O. The maximum absolute atomic E-state index is 10.7. The number of carbonyl (C=O) groups is 1. The van der Waals surface area contributed by atoms with Gasteiger partial charge in [0.25, 0.3) is 5.91 Å². The van der Waals surface area contributed by atoms with Crippen LogP contribution in [0.15, 0.2) is 18.3 Å². The van der Waals surface area contributed by atoms with E-state index in [4.69, 9.17) is 5.73 Å². The highest BCUT2D eigenvalue weighted by atomic mass is 16.1. The maximum Gasteiger partial charge on any atom is 0.267 e. The number of hydrogen-bond acceptors (Lipinski definition) is 3. The minimum absolute atomic E-state index is 0.286. The number of pyridine rings is 1.